The number of ether oxygens (including phenoxy) is 1. The molecular formula is C17H15N5O2. The molecule has 0 radical (unpaired) electrons. The predicted molar refractivity (Wildman–Crippen MR) is 88.7 cm³/mol. The molecule has 2 heterocycles. The Hall–Kier alpha value is -3.35. The number of carbonyl (C=O) groups excluding carboxylic acids is 1. The van der Waals surface area contributed by atoms with Gasteiger partial charge in [-0.15, -0.1) is 0 Å². The van der Waals surface area contributed by atoms with E-state index in [1.54, 1.807) is 62.0 Å². The number of aromatic nitrogens is 4. The van der Waals surface area contributed by atoms with Crippen LogP contribution in [0.5, 0.6) is 0 Å². The summed E-state index contributed by atoms with van der Waals surface area (Å²) in [4.78, 5) is 28.5. The molecule has 3 aromatic rings. The van der Waals surface area contributed by atoms with Crippen LogP contribution in [0, 0.1) is 0 Å². The summed E-state index contributed by atoms with van der Waals surface area (Å²) in [6, 6.07) is 8.67. The van der Waals surface area contributed by atoms with Gasteiger partial charge in [0.2, 0.25) is 5.95 Å². The quantitative estimate of drug-likeness (QED) is 0.723. The zero-order valence-corrected chi connectivity index (χ0v) is 13.0. The average Bonchev–Trinajstić information content (AvgIpc) is 2.63. The van der Waals surface area contributed by atoms with E-state index in [2.05, 4.69) is 25.3 Å². The van der Waals surface area contributed by atoms with Crippen LogP contribution in [0.2, 0.25) is 0 Å². The molecule has 1 N–H and O–H groups in total. The van der Waals surface area contributed by atoms with Gasteiger partial charge in [0, 0.05) is 24.3 Å². The van der Waals surface area contributed by atoms with Crippen molar-refractivity contribution in [2.75, 3.05) is 11.9 Å². The minimum Gasteiger partial charge on any atom is -0.462 e. The van der Waals surface area contributed by atoms with Gasteiger partial charge in [0.05, 0.1) is 24.1 Å². The molecule has 0 atom stereocenters. The third-order valence-electron chi connectivity index (χ3n) is 3.13. The number of hydrogen-bond donors (Lipinski definition) is 1. The maximum Gasteiger partial charge on any atom is 0.338 e. The Morgan fingerprint density at radius 3 is 2.58 bits per heavy atom. The molecule has 24 heavy (non-hydrogen) atoms. The average molecular weight is 321 g/mol. The van der Waals surface area contributed by atoms with Crippen LogP contribution in [-0.4, -0.2) is 32.5 Å². The first-order valence-electron chi connectivity index (χ1n) is 7.40. The summed E-state index contributed by atoms with van der Waals surface area (Å²) in [5.41, 5.74) is 2.60. The van der Waals surface area contributed by atoms with Crippen LogP contribution in [0.4, 0.5) is 11.6 Å². The van der Waals surface area contributed by atoms with Gasteiger partial charge in [0.15, 0.2) is 0 Å². The number of benzene rings is 1. The van der Waals surface area contributed by atoms with Crippen LogP contribution in [0.3, 0.4) is 0 Å². The van der Waals surface area contributed by atoms with Gasteiger partial charge in [-0.25, -0.2) is 14.8 Å². The second-order valence-corrected chi connectivity index (χ2v) is 4.78. The van der Waals surface area contributed by atoms with Gasteiger partial charge >= 0.3 is 5.97 Å². The minimum atomic E-state index is -0.343. The van der Waals surface area contributed by atoms with Crippen LogP contribution in [0.15, 0.2) is 55.1 Å². The molecule has 0 bridgehead atoms. The van der Waals surface area contributed by atoms with E-state index in [4.69, 9.17) is 4.74 Å². The Balaban J connectivity index is 1.76. The monoisotopic (exact) mass is 321 g/mol. The lowest BCUT2D eigenvalue weighted by Gasteiger charge is -2.07. The molecule has 0 fully saturated rings. The normalized spacial score (nSPS) is 10.2. The summed E-state index contributed by atoms with van der Waals surface area (Å²) in [6.07, 6.45) is 6.50. The van der Waals surface area contributed by atoms with Crippen LogP contribution >= 0.6 is 0 Å². The zero-order valence-electron chi connectivity index (χ0n) is 13.0. The van der Waals surface area contributed by atoms with Crippen LogP contribution in [0.25, 0.3) is 11.4 Å². The number of anilines is 2. The summed E-state index contributed by atoms with van der Waals surface area (Å²) < 4.78 is 4.95. The highest BCUT2D eigenvalue weighted by atomic mass is 16.5. The Labute approximate surface area is 138 Å². The minimum absolute atomic E-state index is 0.343. The summed E-state index contributed by atoms with van der Waals surface area (Å²) in [5, 5.41) is 3.09. The second kappa shape index (κ2) is 7.28. The summed E-state index contributed by atoms with van der Waals surface area (Å²) in [5.74, 6) is 0.0898. The maximum absolute atomic E-state index is 11.6. The van der Waals surface area contributed by atoms with Gasteiger partial charge in [-0.05, 0) is 37.3 Å². The number of rotatable bonds is 5. The third kappa shape index (κ3) is 3.70. The van der Waals surface area contributed by atoms with E-state index in [-0.39, 0.29) is 5.97 Å². The van der Waals surface area contributed by atoms with Crippen molar-refractivity contribution in [3.63, 3.8) is 0 Å². The summed E-state index contributed by atoms with van der Waals surface area (Å²) >= 11 is 0. The van der Waals surface area contributed by atoms with Crippen molar-refractivity contribution in [1.29, 1.82) is 0 Å². The highest BCUT2D eigenvalue weighted by molar-refractivity contribution is 5.89. The Bertz CT molecular complexity index is 822. The topological polar surface area (TPSA) is 89.9 Å². The first-order chi connectivity index (χ1) is 11.8. The van der Waals surface area contributed by atoms with Gasteiger partial charge < -0.3 is 10.1 Å². The van der Waals surface area contributed by atoms with Crippen LogP contribution in [0.1, 0.15) is 17.3 Å². The van der Waals surface area contributed by atoms with E-state index in [1.807, 2.05) is 0 Å². The summed E-state index contributed by atoms with van der Waals surface area (Å²) in [7, 11) is 0. The molecule has 0 aliphatic carbocycles. The summed E-state index contributed by atoms with van der Waals surface area (Å²) in [6.45, 7) is 2.12. The van der Waals surface area contributed by atoms with Crippen LogP contribution < -0.4 is 5.32 Å². The molecule has 7 heteroatoms. The number of carbonyl (C=O) groups is 1. The lowest BCUT2D eigenvalue weighted by atomic mass is 10.2. The molecule has 2 aromatic heterocycles. The van der Waals surface area contributed by atoms with Gasteiger partial charge in [0.25, 0.3) is 0 Å². The van der Waals surface area contributed by atoms with Gasteiger partial charge in [0.1, 0.15) is 5.69 Å². The molecule has 1 aromatic carbocycles. The fraction of sp³-hybridized carbons (Fsp3) is 0.118. The SMILES string of the molecule is CCOC(=O)c1ccc(Nc2nccc(-c3cnccn3)n2)cc1. The molecule has 0 amide bonds. The maximum atomic E-state index is 11.6. The van der Waals surface area contributed by atoms with E-state index in [9.17, 15) is 4.79 Å². The smallest absolute Gasteiger partial charge is 0.338 e. The molecule has 0 aliphatic rings. The number of nitrogens with one attached hydrogen (secondary N) is 1. The van der Waals surface area contributed by atoms with E-state index in [0.29, 0.717) is 29.5 Å². The van der Waals surface area contributed by atoms with Crippen molar-refractivity contribution >= 4 is 17.6 Å². The van der Waals surface area contributed by atoms with Gasteiger partial charge in [-0.3, -0.25) is 9.97 Å². The molecule has 120 valence electrons. The molecule has 0 aliphatic heterocycles. The molecule has 0 spiro atoms. The van der Waals surface area contributed by atoms with Crippen molar-refractivity contribution in [2.24, 2.45) is 0 Å². The van der Waals surface area contributed by atoms with Gasteiger partial charge in [-0.1, -0.05) is 0 Å². The largest absolute Gasteiger partial charge is 0.462 e. The number of hydrogen-bond acceptors (Lipinski definition) is 7. The lowest BCUT2D eigenvalue weighted by molar-refractivity contribution is 0.0526. The fourth-order valence-electron chi connectivity index (χ4n) is 2.03. The van der Waals surface area contributed by atoms with E-state index < -0.39 is 0 Å². The predicted octanol–water partition coefficient (Wildman–Crippen LogP) is 2.85. The van der Waals surface area contributed by atoms with E-state index in [0.717, 1.165) is 5.69 Å². The van der Waals surface area contributed by atoms with Crippen molar-refractivity contribution in [1.82, 2.24) is 19.9 Å². The highest BCUT2D eigenvalue weighted by Gasteiger charge is 2.07. The molecule has 7 nitrogen and oxygen atoms in total. The Kier molecular flexibility index (Phi) is 4.71. The second-order valence-electron chi connectivity index (χ2n) is 4.78. The standard InChI is InChI=1S/C17H15N5O2/c1-2-24-16(23)12-3-5-13(6-4-12)21-17-20-8-7-14(22-17)15-11-18-9-10-19-15/h3-11H,2H2,1H3,(H,20,21,22). The molecule has 0 saturated heterocycles. The third-order valence-corrected chi connectivity index (χ3v) is 3.13. The molecule has 0 unspecified atom stereocenters. The Morgan fingerprint density at radius 1 is 1.04 bits per heavy atom. The highest BCUT2D eigenvalue weighted by Crippen LogP contribution is 2.17. The van der Waals surface area contributed by atoms with Crippen molar-refractivity contribution in [3.8, 4) is 11.4 Å². The van der Waals surface area contributed by atoms with E-state index in [1.165, 1.54) is 0 Å². The first kappa shape index (κ1) is 15.5. The first-order valence-corrected chi connectivity index (χ1v) is 7.40. The Morgan fingerprint density at radius 2 is 1.88 bits per heavy atom. The molecule has 0 saturated carbocycles. The lowest BCUT2D eigenvalue weighted by Crippen LogP contribution is -2.04. The fourth-order valence-corrected chi connectivity index (χ4v) is 2.03. The van der Waals surface area contributed by atoms with Gasteiger partial charge in [-0.2, -0.15) is 0 Å². The van der Waals surface area contributed by atoms with Crippen molar-refractivity contribution in [2.45, 2.75) is 6.92 Å². The van der Waals surface area contributed by atoms with Crippen LogP contribution in [-0.2, 0) is 4.74 Å². The molecular weight excluding hydrogens is 306 g/mol. The zero-order chi connectivity index (χ0) is 16.8. The molecule has 3 rings (SSSR count). The van der Waals surface area contributed by atoms with E-state index >= 15 is 0 Å². The van der Waals surface area contributed by atoms with Crippen molar-refractivity contribution < 1.29 is 9.53 Å². The number of nitrogens with zero attached hydrogens (tertiary/aromatic N) is 4. The van der Waals surface area contributed by atoms with Crippen molar-refractivity contribution in [3.05, 3.63) is 60.7 Å². The number of esters is 1.